The Bertz CT molecular complexity index is 641. The number of nitrogens with zero attached hydrogens (tertiary/aromatic N) is 2. The van der Waals surface area contributed by atoms with E-state index in [0.717, 1.165) is 45.0 Å². The highest BCUT2D eigenvalue weighted by Gasteiger charge is 2.33. The summed E-state index contributed by atoms with van der Waals surface area (Å²) in [5, 5.41) is 4.68. The predicted octanol–water partition coefficient (Wildman–Crippen LogP) is 3.77. The van der Waals surface area contributed by atoms with Gasteiger partial charge in [-0.25, -0.2) is 4.98 Å². The van der Waals surface area contributed by atoms with E-state index in [1.165, 1.54) is 0 Å². The molecule has 1 aliphatic rings. The molecule has 6 heteroatoms. The van der Waals surface area contributed by atoms with Gasteiger partial charge in [-0.3, -0.25) is 4.90 Å². The largest absolute Gasteiger partial charge is 0.329 e. The van der Waals surface area contributed by atoms with E-state index in [-0.39, 0.29) is 6.04 Å². The van der Waals surface area contributed by atoms with Crippen molar-refractivity contribution in [2.24, 2.45) is 5.73 Å². The second-order valence-electron chi connectivity index (χ2n) is 4.96. The van der Waals surface area contributed by atoms with Crippen LogP contribution in [0.1, 0.15) is 27.9 Å². The fourth-order valence-electron chi connectivity index (χ4n) is 2.71. The summed E-state index contributed by atoms with van der Waals surface area (Å²) in [7, 11) is 0. The lowest BCUT2D eigenvalue weighted by Crippen LogP contribution is -2.27. The molecule has 1 aromatic heterocycles. The Hall–Kier alpha value is -0.650. The molecule has 0 saturated carbocycles. The number of hydrogen-bond acceptors (Lipinski definition) is 4. The van der Waals surface area contributed by atoms with E-state index >= 15 is 0 Å². The first-order valence-corrected chi connectivity index (χ1v) is 8.05. The second kappa shape index (κ2) is 5.62. The van der Waals surface area contributed by atoms with Crippen LogP contribution < -0.4 is 5.73 Å². The van der Waals surface area contributed by atoms with Crippen molar-refractivity contribution < 1.29 is 0 Å². The van der Waals surface area contributed by atoms with Crippen molar-refractivity contribution in [3.63, 3.8) is 0 Å². The summed E-state index contributed by atoms with van der Waals surface area (Å²) < 4.78 is 0. The lowest BCUT2D eigenvalue weighted by atomic mass is 10.0. The van der Waals surface area contributed by atoms with E-state index in [0.29, 0.717) is 6.54 Å². The number of aromatic nitrogens is 1. The summed E-state index contributed by atoms with van der Waals surface area (Å²) in [5.74, 6) is 0. The number of thiazole rings is 1. The van der Waals surface area contributed by atoms with Gasteiger partial charge in [-0.1, -0.05) is 23.2 Å². The molecular weight excluding hydrogens is 313 g/mol. The van der Waals surface area contributed by atoms with E-state index in [2.05, 4.69) is 15.3 Å². The summed E-state index contributed by atoms with van der Waals surface area (Å²) in [4.78, 5) is 6.81. The zero-order valence-corrected chi connectivity index (χ0v) is 13.4. The molecule has 3 nitrogen and oxygen atoms in total. The molecule has 2 aromatic rings. The van der Waals surface area contributed by atoms with Crippen molar-refractivity contribution in [2.45, 2.75) is 26.1 Å². The Labute approximate surface area is 132 Å². The van der Waals surface area contributed by atoms with Crippen LogP contribution in [-0.2, 0) is 13.1 Å². The number of fused-ring (bicyclic) bond motifs is 1. The van der Waals surface area contributed by atoms with Crippen LogP contribution in [0.3, 0.4) is 0 Å². The zero-order valence-electron chi connectivity index (χ0n) is 11.1. The maximum absolute atomic E-state index is 6.33. The molecule has 20 heavy (non-hydrogen) atoms. The highest BCUT2D eigenvalue weighted by Crippen LogP contribution is 2.41. The summed E-state index contributed by atoms with van der Waals surface area (Å²) in [6.45, 7) is 4.08. The van der Waals surface area contributed by atoms with E-state index in [9.17, 15) is 0 Å². The lowest BCUT2D eigenvalue weighted by molar-refractivity contribution is 0.210. The fourth-order valence-corrected chi connectivity index (χ4v) is 4.03. The number of nitrogens with two attached hydrogens (primary N) is 1. The minimum Gasteiger partial charge on any atom is -0.329 e. The molecule has 1 unspecified atom stereocenters. The van der Waals surface area contributed by atoms with Gasteiger partial charge in [-0.05, 0) is 30.2 Å². The van der Waals surface area contributed by atoms with Gasteiger partial charge in [-0.15, -0.1) is 11.3 Å². The molecular formula is C14H15Cl2N3S. The van der Waals surface area contributed by atoms with Crippen molar-refractivity contribution in [1.82, 2.24) is 9.88 Å². The molecule has 0 bridgehead atoms. The summed E-state index contributed by atoms with van der Waals surface area (Å²) in [5.41, 5.74) is 9.19. The number of aryl methyl sites for hydroxylation is 1. The van der Waals surface area contributed by atoms with Crippen LogP contribution in [0, 0.1) is 6.92 Å². The first kappa shape index (κ1) is 14.3. The van der Waals surface area contributed by atoms with Crippen LogP contribution in [0.4, 0.5) is 0 Å². The Morgan fingerprint density at radius 1 is 1.40 bits per heavy atom. The van der Waals surface area contributed by atoms with Crippen LogP contribution >= 0.6 is 34.5 Å². The van der Waals surface area contributed by atoms with E-state index in [1.807, 2.05) is 19.1 Å². The predicted molar refractivity (Wildman–Crippen MR) is 84.4 cm³/mol. The molecule has 0 spiro atoms. The SMILES string of the molecule is Cc1csc(CN2Cc3c(Cl)ccc(Cl)c3C2CN)n1. The summed E-state index contributed by atoms with van der Waals surface area (Å²) >= 11 is 14.3. The molecule has 1 atom stereocenters. The average molecular weight is 328 g/mol. The standard InChI is InChI=1S/C14H15Cl2N3S/c1-8-7-20-13(18-8)6-19-5-9-10(15)2-3-11(16)14(9)12(19)4-17/h2-3,7,12H,4-6,17H2,1H3. The van der Waals surface area contributed by atoms with Crippen LogP contribution in [0.15, 0.2) is 17.5 Å². The van der Waals surface area contributed by atoms with Crippen LogP contribution in [-0.4, -0.2) is 16.4 Å². The molecule has 1 aliphatic heterocycles. The van der Waals surface area contributed by atoms with Gasteiger partial charge in [0.2, 0.25) is 0 Å². The molecule has 0 fully saturated rings. The van der Waals surface area contributed by atoms with Gasteiger partial charge in [0.15, 0.2) is 0 Å². The highest BCUT2D eigenvalue weighted by molar-refractivity contribution is 7.09. The number of rotatable bonds is 3. The van der Waals surface area contributed by atoms with Crippen molar-refractivity contribution >= 4 is 34.5 Å². The third-order valence-corrected chi connectivity index (χ3v) is 5.25. The maximum atomic E-state index is 6.33. The number of benzene rings is 1. The first-order valence-electron chi connectivity index (χ1n) is 6.42. The van der Waals surface area contributed by atoms with Crippen LogP contribution in [0.5, 0.6) is 0 Å². The van der Waals surface area contributed by atoms with Gasteiger partial charge in [-0.2, -0.15) is 0 Å². The third kappa shape index (κ3) is 2.47. The van der Waals surface area contributed by atoms with Crippen molar-refractivity contribution in [2.75, 3.05) is 6.54 Å². The molecule has 0 amide bonds. The van der Waals surface area contributed by atoms with Gasteiger partial charge in [0.1, 0.15) is 5.01 Å². The summed E-state index contributed by atoms with van der Waals surface area (Å²) in [6.07, 6.45) is 0. The van der Waals surface area contributed by atoms with E-state index < -0.39 is 0 Å². The molecule has 0 aliphatic carbocycles. The minimum atomic E-state index is 0.111. The quantitative estimate of drug-likeness (QED) is 0.932. The molecule has 1 aromatic carbocycles. The molecule has 0 saturated heterocycles. The number of hydrogen-bond donors (Lipinski definition) is 1. The first-order chi connectivity index (χ1) is 9.60. The molecule has 106 valence electrons. The molecule has 3 rings (SSSR count). The average Bonchev–Trinajstić information content (AvgIpc) is 2.99. The van der Waals surface area contributed by atoms with Crippen LogP contribution in [0.2, 0.25) is 10.0 Å². The van der Waals surface area contributed by atoms with Crippen molar-refractivity contribution in [1.29, 1.82) is 0 Å². The Morgan fingerprint density at radius 3 is 2.80 bits per heavy atom. The topological polar surface area (TPSA) is 42.1 Å². The Balaban J connectivity index is 1.92. The van der Waals surface area contributed by atoms with E-state index in [1.54, 1.807) is 11.3 Å². The zero-order chi connectivity index (χ0) is 14.3. The monoisotopic (exact) mass is 327 g/mol. The second-order valence-corrected chi connectivity index (χ2v) is 6.72. The Morgan fingerprint density at radius 2 is 2.15 bits per heavy atom. The maximum Gasteiger partial charge on any atom is 0.107 e. The van der Waals surface area contributed by atoms with E-state index in [4.69, 9.17) is 28.9 Å². The highest BCUT2D eigenvalue weighted by atomic mass is 35.5. The van der Waals surface area contributed by atoms with Crippen molar-refractivity contribution in [3.8, 4) is 0 Å². The van der Waals surface area contributed by atoms with Gasteiger partial charge >= 0.3 is 0 Å². The van der Waals surface area contributed by atoms with Gasteiger partial charge in [0, 0.05) is 40.3 Å². The van der Waals surface area contributed by atoms with Gasteiger partial charge < -0.3 is 5.73 Å². The minimum absolute atomic E-state index is 0.111. The molecule has 0 radical (unpaired) electrons. The molecule has 2 N–H and O–H groups in total. The van der Waals surface area contributed by atoms with Gasteiger partial charge in [0.05, 0.1) is 6.54 Å². The van der Waals surface area contributed by atoms with Crippen molar-refractivity contribution in [3.05, 3.63) is 49.4 Å². The smallest absolute Gasteiger partial charge is 0.107 e. The number of halogens is 2. The lowest BCUT2D eigenvalue weighted by Gasteiger charge is -2.22. The van der Waals surface area contributed by atoms with Crippen LogP contribution in [0.25, 0.3) is 0 Å². The third-order valence-electron chi connectivity index (χ3n) is 3.61. The fraction of sp³-hybridized carbons (Fsp3) is 0.357. The van der Waals surface area contributed by atoms with Gasteiger partial charge in [0.25, 0.3) is 0 Å². The molecule has 2 heterocycles. The summed E-state index contributed by atoms with van der Waals surface area (Å²) in [6, 6.07) is 3.82. The normalized spacial score (nSPS) is 18.5. The Kier molecular flexibility index (Phi) is 4.02.